The van der Waals surface area contributed by atoms with E-state index in [2.05, 4.69) is 16.7 Å². The van der Waals surface area contributed by atoms with Crippen LogP contribution in [0.2, 0.25) is 0 Å². The number of rotatable bonds is 4. The number of piperidine rings is 1. The molecule has 2 N–H and O–H groups in total. The quantitative estimate of drug-likeness (QED) is 0.782. The zero-order valence-corrected chi connectivity index (χ0v) is 17.7. The molecule has 2 aromatic carbocycles. The fraction of sp³-hybridized carbons (Fsp3) is 0.391. The number of hydrogen-bond donors (Lipinski definition) is 2. The molecule has 0 unspecified atom stereocenters. The smallest absolute Gasteiger partial charge is 0.407 e. The van der Waals surface area contributed by atoms with Gasteiger partial charge in [0.2, 0.25) is 0 Å². The van der Waals surface area contributed by atoms with E-state index < -0.39 is 6.09 Å². The van der Waals surface area contributed by atoms with Gasteiger partial charge in [-0.05, 0) is 54.6 Å². The standard InChI is InChI=1S/C23H27N3O3.ClH/c27-22(19-7-6-18-8-11-24-15-20(18)14-19)26-12-9-21(10-13-26)25-23(28)29-16-17-4-2-1-3-5-17;/h1-7,14,21,24H,8-13,15-16H2,(H,25,28);1H. The molecule has 2 aromatic rings. The van der Waals surface area contributed by atoms with Gasteiger partial charge in [-0.25, -0.2) is 4.79 Å². The van der Waals surface area contributed by atoms with Crippen LogP contribution in [0.5, 0.6) is 0 Å². The van der Waals surface area contributed by atoms with E-state index in [4.69, 9.17) is 4.74 Å². The van der Waals surface area contributed by atoms with Gasteiger partial charge in [0.05, 0.1) is 0 Å². The Morgan fingerprint density at radius 3 is 2.60 bits per heavy atom. The zero-order valence-electron chi connectivity index (χ0n) is 16.9. The van der Waals surface area contributed by atoms with Gasteiger partial charge >= 0.3 is 6.09 Å². The molecule has 0 aromatic heterocycles. The third-order valence-corrected chi connectivity index (χ3v) is 5.66. The van der Waals surface area contributed by atoms with Gasteiger partial charge in [-0.3, -0.25) is 4.79 Å². The van der Waals surface area contributed by atoms with Crippen LogP contribution in [-0.4, -0.2) is 42.6 Å². The van der Waals surface area contributed by atoms with Gasteiger partial charge in [-0.2, -0.15) is 0 Å². The Hall–Kier alpha value is -2.57. The number of carbonyl (C=O) groups excluding carboxylic acids is 2. The first-order valence-electron chi connectivity index (χ1n) is 10.3. The molecule has 2 amide bonds. The number of halogens is 1. The molecule has 160 valence electrons. The lowest BCUT2D eigenvalue weighted by molar-refractivity contribution is 0.0700. The fourth-order valence-corrected chi connectivity index (χ4v) is 3.95. The predicted octanol–water partition coefficient (Wildman–Crippen LogP) is 3.29. The summed E-state index contributed by atoms with van der Waals surface area (Å²) < 4.78 is 5.29. The fourth-order valence-electron chi connectivity index (χ4n) is 3.95. The van der Waals surface area contributed by atoms with Gasteiger partial charge in [0, 0.05) is 31.2 Å². The van der Waals surface area contributed by atoms with Crippen molar-refractivity contribution in [2.24, 2.45) is 0 Å². The summed E-state index contributed by atoms with van der Waals surface area (Å²) in [6.45, 7) is 3.36. The number of ether oxygens (including phenoxy) is 1. The van der Waals surface area contributed by atoms with E-state index >= 15 is 0 Å². The molecule has 0 bridgehead atoms. The molecule has 2 aliphatic heterocycles. The van der Waals surface area contributed by atoms with Crippen LogP contribution in [0.15, 0.2) is 48.5 Å². The second kappa shape index (κ2) is 10.5. The number of nitrogens with zero attached hydrogens (tertiary/aromatic N) is 1. The van der Waals surface area contributed by atoms with E-state index in [1.54, 1.807) is 0 Å². The second-order valence-electron chi connectivity index (χ2n) is 7.68. The van der Waals surface area contributed by atoms with Crippen LogP contribution in [0.1, 0.15) is 39.9 Å². The maximum atomic E-state index is 12.9. The normalized spacial score (nSPS) is 16.2. The monoisotopic (exact) mass is 429 g/mol. The summed E-state index contributed by atoms with van der Waals surface area (Å²) in [6, 6.07) is 15.7. The summed E-state index contributed by atoms with van der Waals surface area (Å²) in [7, 11) is 0. The summed E-state index contributed by atoms with van der Waals surface area (Å²) >= 11 is 0. The SMILES string of the molecule is Cl.O=C(NC1CCN(C(=O)c2ccc3c(c2)CNCC3)CC1)OCc1ccccc1. The van der Waals surface area contributed by atoms with E-state index in [-0.39, 0.29) is 31.0 Å². The summed E-state index contributed by atoms with van der Waals surface area (Å²) in [5.41, 5.74) is 4.27. The van der Waals surface area contributed by atoms with E-state index in [1.807, 2.05) is 47.4 Å². The molecule has 4 rings (SSSR count). The van der Waals surface area contributed by atoms with Crippen molar-refractivity contribution in [2.75, 3.05) is 19.6 Å². The molecule has 0 atom stereocenters. The second-order valence-corrected chi connectivity index (χ2v) is 7.68. The van der Waals surface area contributed by atoms with Crippen molar-refractivity contribution in [3.8, 4) is 0 Å². The van der Waals surface area contributed by atoms with Gasteiger partial charge < -0.3 is 20.3 Å². The molecular formula is C23H28ClN3O3. The first kappa shape index (κ1) is 22.1. The van der Waals surface area contributed by atoms with Crippen LogP contribution >= 0.6 is 12.4 Å². The Kier molecular flexibility index (Phi) is 7.71. The Bertz CT molecular complexity index is 867. The maximum absolute atomic E-state index is 12.9. The van der Waals surface area contributed by atoms with Crippen molar-refractivity contribution < 1.29 is 14.3 Å². The van der Waals surface area contributed by atoms with Crippen LogP contribution in [0.4, 0.5) is 4.79 Å². The van der Waals surface area contributed by atoms with Crippen LogP contribution in [-0.2, 0) is 24.3 Å². The van der Waals surface area contributed by atoms with E-state index in [9.17, 15) is 9.59 Å². The third-order valence-electron chi connectivity index (χ3n) is 5.66. The van der Waals surface area contributed by atoms with Crippen molar-refractivity contribution >= 4 is 24.4 Å². The highest BCUT2D eigenvalue weighted by molar-refractivity contribution is 5.94. The van der Waals surface area contributed by atoms with Crippen molar-refractivity contribution in [1.82, 2.24) is 15.5 Å². The highest BCUT2D eigenvalue weighted by atomic mass is 35.5. The molecule has 0 radical (unpaired) electrons. The lowest BCUT2D eigenvalue weighted by atomic mass is 9.97. The van der Waals surface area contributed by atoms with E-state index in [1.165, 1.54) is 11.1 Å². The molecule has 1 fully saturated rings. The Balaban J connectivity index is 0.00000256. The minimum atomic E-state index is -0.402. The third kappa shape index (κ3) is 5.52. The van der Waals surface area contributed by atoms with E-state index in [0.717, 1.165) is 43.5 Å². The molecule has 6 nitrogen and oxygen atoms in total. The number of fused-ring (bicyclic) bond motifs is 1. The first-order valence-corrected chi connectivity index (χ1v) is 10.3. The van der Waals surface area contributed by atoms with Gasteiger partial charge in [-0.15, -0.1) is 12.4 Å². The molecule has 0 spiro atoms. The van der Waals surface area contributed by atoms with Crippen molar-refractivity contribution in [2.45, 2.75) is 38.5 Å². The summed E-state index contributed by atoms with van der Waals surface area (Å²) in [6.07, 6.45) is 2.08. The molecule has 2 heterocycles. The average Bonchev–Trinajstić information content (AvgIpc) is 2.78. The van der Waals surface area contributed by atoms with Crippen LogP contribution < -0.4 is 10.6 Å². The topological polar surface area (TPSA) is 70.7 Å². The lowest BCUT2D eigenvalue weighted by Gasteiger charge is -2.32. The summed E-state index contributed by atoms with van der Waals surface area (Å²) in [5, 5.41) is 6.28. The zero-order chi connectivity index (χ0) is 20.1. The van der Waals surface area contributed by atoms with Crippen LogP contribution in [0, 0.1) is 0 Å². The average molecular weight is 430 g/mol. The predicted molar refractivity (Wildman–Crippen MR) is 118 cm³/mol. The number of alkyl carbamates (subject to hydrolysis) is 1. The maximum Gasteiger partial charge on any atom is 0.407 e. The molecule has 2 aliphatic rings. The first-order chi connectivity index (χ1) is 14.2. The molecule has 0 saturated carbocycles. The lowest BCUT2D eigenvalue weighted by Crippen LogP contribution is -2.46. The van der Waals surface area contributed by atoms with Gasteiger partial charge in [-0.1, -0.05) is 36.4 Å². The Labute approximate surface area is 183 Å². The number of hydrogen-bond acceptors (Lipinski definition) is 4. The molecule has 0 aliphatic carbocycles. The van der Waals surface area contributed by atoms with Crippen LogP contribution in [0.3, 0.4) is 0 Å². The minimum Gasteiger partial charge on any atom is -0.445 e. The van der Waals surface area contributed by atoms with Gasteiger partial charge in [0.25, 0.3) is 5.91 Å². The Morgan fingerprint density at radius 2 is 1.83 bits per heavy atom. The van der Waals surface area contributed by atoms with Gasteiger partial charge in [0.1, 0.15) is 6.61 Å². The number of carbonyl (C=O) groups is 2. The molecule has 30 heavy (non-hydrogen) atoms. The summed E-state index contributed by atoms with van der Waals surface area (Å²) in [4.78, 5) is 26.8. The van der Waals surface area contributed by atoms with Crippen molar-refractivity contribution in [3.05, 3.63) is 70.8 Å². The largest absolute Gasteiger partial charge is 0.445 e. The highest BCUT2D eigenvalue weighted by Crippen LogP contribution is 2.19. The minimum absolute atomic E-state index is 0. The number of likely N-dealkylation sites (tertiary alicyclic amines) is 1. The van der Waals surface area contributed by atoms with Gasteiger partial charge in [0.15, 0.2) is 0 Å². The molecule has 7 heteroatoms. The molecular weight excluding hydrogens is 402 g/mol. The highest BCUT2D eigenvalue weighted by Gasteiger charge is 2.25. The molecule has 1 saturated heterocycles. The van der Waals surface area contributed by atoms with Crippen molar-refractivity contribution in [1.29, 1.82) is 0 Å². The number of benzene rings is 2. The van der Waals surface area contributed by atoms with E-state index in [0.29, 0.717) is 13.1 Å². The number of amides is 2. The Morgan fingerprint density at radius 1 is 1.07 bits per heavy atom. The number of nitrogens with one attached hydrogen (secondary N) is 2. The summed E-state index contributed by atoms with van der Waals surface area (Å²) in [5.74, 6) is 0.0727. The van der Waals surface area contributed by atoms with Crippen molar-refractivity contribution in [3.63, 3.8) is 0 Å². The van der Waals surface area contributed by atoms with Crippen LogP contribution in [0.25, 0.3) is 0 Å².